The van der Waals surface area contributed by atoms with E-state index < -0.39 is 11.1 Å². The number of nitrogens with one attached hydrogen (secondary N) is 2. The van der Waals surface area contributed by atoms with E-state index in [2.05, 4.69) is 75.7 Å². The Labute approximate surface area is 200 Å². The van der Waals surface area contributed by atoms with Gasteiger partial charge in [0.1, 0.15) is 17.5 Å². The van der Waals surface area contributed by atoms with Gasteiger partial charge >= 0.3 is 5.20 Å². The molecule has 10 heteroatoms. The van der Waals surface area contributed by atoms with Crippen molar-refractivity contribution in [3.8, 4) is 6.07 Å². The molecule has 32 heavy (non-hydrogen) atoms. The average molecular weight is 512 g/mol. The minimum atomic E-state index is -3.22. The molecule has 0 unspecified atom stereocenters. The standard InChI is InChI=1S/C11H12N2O.C11H10N2.Cl3OP/c1-6-3-8-5-10(11(12)14)13-9(8)4-7(6)2;1-7-3-9-5-10(6-12)13-11(9)4-8(7)2;1-5(2,3)4/h3-5,13H,1-2H3,(H2,12,14);3-5,13H,1-2H3;. The fourth-order valence-corrected chi connectivity index (χ4v) is 3.00. The van der Waals surface area contributed by atoms with Crippen molar-refractivity contribution in [2.45, 2.75) is 27.7 Å². The Hall–Kier alpha value is -2.42. The molecule has 0 fully saturated rings. The first-order valence-corrected chi connectivity index (χ1v) is 13.8. The fourth-order valence-electron chi connectivity index (χ4n) is 3.00. The maximum Gasteiger partial charge on any atom is 0.339 e. The van der Waals surface area contributed by atoms with Gasteiger partial charge in [-0.3, -0.25) is 9.36 Å². The second-order valence-electron chi connectivity index (χ2n) is 7.29. The molecule has 2 aromatic heterocycles. The number of aromatic amines is 2. The number of nitrogens with two attached hydrogens (primary N) is 1. The number of carbonyl (C=O) groups is 1. The number of benzene rings is 2. The Morgan fingerprint density at radius 3 is 1.69 bits per heavy atom. The Morgan fingerprint density at radius 2 is 1.25 bits per heavy atom. The Morgan fingerprint density at radius 1 is 0.844 bits per heavy atom. The van der Waals surface area contributed by atoms with Gasteiger partial charge in [-0.05, 0) is 120 Å². The summed E-state index contributed by atoms with van der Waals surface area (Å²) in [5, 5.41) is 7.61. The van der Waals surface area contributed by atoms with Gasteiger partial charge in [-0.2, -0.15) is 5.26 Å². The van der Waals surface area contributed by atoms with Gasteiger partial charge in [-0.25, -0.2) is 0 Å². The maximum absolute atomic E-state index is 10.9. The van der Waals surface area contributed by atoms with Crippen LogP contribution in [-0.2, 0) is 4.57 Å². The largest absolute Gasteiger partial charge is 0.364 e. The number of hydrogen-bond acceptors (Lipinski definition) is 3. The molecule has 2 aromatic carbocycles. The van der Waals surface area contributed by atoms with Crippen LogP contribution in [0.25, 0.3) is 21.8 Å². The van der Waals surface area contributed by atoms with Crippen LogP contribution in [0, 0.1) is 39.0 Å². The number of aromatic nitrogens is 2. The van der Waals surface area contributed by atoms with E-state index in [-0.39, 0.29) is 0 Å². The third kappa shape index (κ3) is 7.32. The molecule has 4 aromatic rings. The van der Waals surface area contributed by atoms with Crippen LogP contribution in [0.1, 0.15) is 38.4 Å². The summed E-state index contributed by atoms with van der Waals surface area (Å²) in [6, 6.07) is 14.0. The summed E-state index contributed by atoms with van der Waals surface area (Å²) in [4.78, 5) is 17.0. The smallest absolute Gasteiger partial charge is 0.339 e. The first-order chi connectivity index (χ1) is 14.8. The van der Waals surface area contributed by atoms with E-state index in [9.17, 15) is 9.36 Å². The molecule has 1 amide bonds. The molecule has 168 valence electrons. The number of fused-ring (bicyclic) bond motifs is 2. The predicted molar refractivity (Wildman–Crippen MR) is 134 cm³/mol. The quantitative estimate of drug-likeness (QED) is 0.232. The van der Waals surface area contributed by atoms with Crippen LogP contribution >= 0.6 is 38.9 Å². The summed E-state index contributed by atoms with van der Waals surface area (Å²) in [7, 11) is 0. The van der Waals surface area contributed by atoms with Crippen molar-refractivity contribution in [1.29, 1.82) is 5.26 Å². The normalized spacial score (nSPS) is 10.7. The molecule has 6 nitrogen and oxygen atoms in total. The molecule has 0 aliphatic heterocycles. The summed E-state index contributed by atoms with van der Waals surface area (Å²) >= 11 is 13.8. The zero-order valence-corrected chi connectivity index (χ0v) is 21.0. The Balaban J connectivity index is 0.000000189. The molecule has 0 spiro atoms. The van der Waals surface area contributed by atoms with Gasteiger partial charge in [0, 0.05) is 21.8 Å². The number of aryl methyl sites for hydroxylation is 4. The van der Waals surface area contributed by atoms with Gasteiger partial charge in [0.05, 0.1) is 0 Å². The van der Waals surface area contributed by atoms with Crippen LogP contribution in [0.4, 0.5) is 0 Å². The van der Waals surface area contributed by atoms with Gasteiger partial charge in [0.25, 0.3) is 5.91 Å². The topological polar surface area (TPSA) is 116 Å². The summed E-state index contributed by atoms with van der Waals surface area (Å²) < 4.78 is 9.51. The number of primary amides is 1. The van der Waals surface area contributed by atoms with Crippen LogP contribution in [0.2, 0.25) is 0 Å². The van der Waals surface area contributed by atoms with E-state index in [0.717, 1.165) is 21.8 Å². The van der Waals surface area contributed by atoms with Crippen LogP contribution in [-0.4, -0.2) is 15.9 Å². The number of halogens is 3. The van der Waals surface area contributed by atoms with Gasteiger partial charge in [-0.1, -0.05) is 0 Å². The van der Waals surface area contributed by atoms with Crippen molar-refractivity contribution in [2.24, 2.45) is 5.73 Å². The molecular formula is C22H22Cl3N4O2P. The van der Waals surface area contributed by atoms with E-state index in [1.165, 1.54) is 22.3 Å². The number of carbonyl (C=O) groups excluding carboxylic acids is 1. The van der Waals surface area contributed by atoms with Crippen molar-refractivity contribution in [3.63, 3.8) is 0 Å². The zero-order chi connectivity index (χ0) is 24.2. The van der Waals surface area contributed by atoms with Crippen molar-refractivity contribution in [1.82, 2.24) is 9.97 Å². The second-order valence-corrected chi connectivity index (χ2v) is 13.9. The van der Waals surface area contributed by atoms with Crippen LogP contribution in [0.5, 0.6) is 0 Å². The van der Waals surface area contributed by atoms with E-state index in [1.54, 1.807) is 6.07 Å². The van der Waals surface area contributed by atoms with E-state index >= 15 is 0 Å². The number of amides is 1. The number of hydrogen-bond donors (Lipinski definition) is 3. The monoisotopic (exact) mass is 510 g/mol. The Kier molecular flexibility index (Phi) is 8.45. The van der Waals surface area contributed by atoms with Crippen LogP contribution < -0.4 is 5.73 Å². The number of nitrogens with zero attached hydrogens (tertiary/aromatic N) is 1. The van der Waals surface area contributed by atoms with E-state index in [4.69, 9.17) is 11.0 Å². The molecule has 4 N–H and O–H groups in total. The summed E-state index contributed by atoms with van der Waals surface area (Å²) in [6.07, 6.45) is 0. The fraction of sp³-hybridized carbons (Fsp3) is 0.182. The lowest BCUT2D eigenvalue weighted by atomic mass is 10.1. The summed E-state index contributed by atoms with van der Waals surface area (Å²) in [6.45, 7) is 8.24. The highest BCUT2D eigenvalue weighted by Crippen LogP contribution is 2.61. The Bertz CT molecular complexity index is 1290. The molecule has 0 aliphatic rings. The number of nitriles is 1. The molecule has 0 atom stereocenters. The highest BCUT2D eigenvalue weighted by molar-refractivity contribution is 8.24. The number of rotatable bonds is 1. The first kappa shape index (κ1) is 25.8. The van der Waals surface area contributed by atoms with E-state index in [0.29, 0.717) is 11.4 Å². The zero-order valence-electron chi connectivity index (χ0n) is 17.9. The lowest BCUT2D eigenvalue weighted by molar-refractivity contribution is 0.0996. The molecule has 0 aliphatic carbocycles. The van der Waals surface area contributed by atoms with Gasteiger partial charge in [0.2, 0.25) is 0 Å². The van der Waals surface area contributed by atoms with Crippen molar-refractivity contribution >= 4 is 66.6 Å². The molecule has 4 rings (SSSR count). The van der Waals surface area contributed by atoms with E-state index in [1.807, 2.05) is 32.0 Å². The molecule has 0 bridgehead atoms. The van der Waals surface area contributed by atoms with Crippen LogP contribution in [0.15, 0.2) is 36.4 Å². The molecule has 2 heterocycles. The highest BCUT2D eigenvalue weighted by Gasteiger charge is 2.06. The van der Waals surface area contributed by atoms with Gasteiger partial charge in [-0.15, -0.1) is 0 Å². The van der Waals surface area contributed by atoms with Gasteiger partial charge < -0.3 is 15.7 Å². The SMILES string of the molecule is Cc1cc2cc(C#N)[nH]c2cc1C.Cc1cc2cc(C(N)=O)[nH]c2cc1C.O=P(Cl)(Cl)Cl. The predicted octanol–water partition coefficient (Wildman–Crippen LogP) is 7.35. The van der Waals surface area contributed by atoms with Crippen LogP contribution in [0.3, 0.4) is 0 Å². The lowest BCUT2D eigenvalue weighted by Gasteiger charge is -1.98. The third-order valence-electron chi connectivity index (χ3n) is 4.86. The minimum Gasteiger partial charge on any atom is -0.364 e. The summed E-state index contributed by atoms with van der Waals surface area (Å²) in [5.41, 5.74) is 13.2. The first-order valence-electron chi connectivity index (χ1n) is 9.37. The summed E-state index contributed by atoms with van der Waals surface area (Å²) in [5.74, 6) is -0.420. The molecule has 0 saturated carbocycles. The van der Waals surface area contributed by atoms with Crippen molar-refractivity contribution in [3.05, 3.63) is 70.0 Å². The molecule has 0 radical (unpaired) electrons. The highest BCUT2D eigenvalue weighted by atomic mass is 36.0. The molecule has 0 saturated heterocycles. The average Bonchev–Trinajstić information content (AvgIpc) is 3.25. The van der Waals surface area contributed by atoms with Crippen molar-refractivity contribution in [2.75, 3.05) is 0 Å². The number of H-pyrrole nitrogens is 2. The second kappa shape index (κ2) is 10.5. The maximum atomic E-state index is 10.9. The molecular weight excluding hydrogens is 490 g/mol. The lowest BCUT2D eigenvalue weighted by Crippen LogP contribution is -2.10. The minimum absolute atomic E-state index is 0.420. The van der Waals surface area contributed by atoms with Crippen molar-refractivity contribution < 1.29 is 9.36 Å². The third-order valence-corrected chi connectivity index (χ3v) is 4.86. The van der Waals surface area contributed by atoms with Gasteiger partial charge in [0.15, 0.2) is 0 Å².